The lowest BCUT2D eigenvalue weighted by Crippen LogP contribution is -2.49. The molecule has 4 aromatic rings. The van der Waals surface area contributed by atoms with Gasteiger partial charge in [0.2, 0.25) is 5.91 Å². The van der Waals surface area contributed by atoms with Crippen LogP contribution in [0.2, 0.25) is 0 Å². The topological polar surface area (TPSA) is 135 Å². The summed E-state index contributed by atoms with van der Waals surface area (Å²) in [4.78, 5) is 30.1. The summed E-state index contributed by atoms with van der Waals surface area (Å²) in [7, 11) is 2.03. The van der Waals surface area contributed by atoms with Crippen molar-refractivity contribution >= 4 is 17.5 Å². The molecule has 12 heteroatoms. The predicted molar refractivity (Wildman–Crippen MR) is 163 cm³/mol. The molecule has 1 aliphatic heterocycles. The number of ether oxygens (including phenoxy) is 2. The number of likely N-dealkylation sites (N-methyl/N-ethyl adjacent to an activating group) is 1. The Morgan fingerprint density at radius 2 is 1.89 bits per heavy atom. The van der Waals surface area contributed by atoms with Crippen LogP contribution >= 0.6 is 0 Å². The van der Waals surface area contributed by atoms with E-state index in [0.717, 1.165) is 17.1 Å². The second-order valence-corrected chi connectivity index (χ2v) is 11.1. The molecule has 0 bridgehead atoms. The molecule has 1 aliphatic rings. The number of nitrogens with zero attached hydrogens (tertiary/aromatic N) is 6. The number of anilines is 1. The van der Waals surface area contributed by atoms with Crippen LogP contribution in [0.15, 0.2) is 79.1 Å². The van der Waals surface area contributed by atoms with Gasteiger partial charge in [-0.05, 0) is 72.4 Å². The molecule has 5 rings (SSSR count). The Morgan fingerprint density at radius 3 is 2.59 bits per heavy atom. The van der Waals surface area contributed by atoms with Gasteiger partial charge in [-0.25, -0.2) is 4.68 Å². The maximum atomic E-state index is 13.7. The maximum absolute atomic E-state index is 13.7. The molecular formula is C32H37N7O5. The molecule has 12 nitrogen and oxygen atoms in total. The summed E-state index contributed by atoms with van der Waals surface area (Å²) < 4.78 is 13.7. The van der Waals surface area contributed by atoms with Crippen molar-refractivity contribution in [2.24, 2.45) is 5.92 Å². The van der Waals surface area contributed by atoms with Gasteiger partial charge in [0.1, 0.15) is 36.2 Å². The molecule has 0 aliphatic carbocycles. The lowest BCUT2D eigenvalue weighted by atomic mass is 9.99. The zero-order chi connectivity index (χ0) is 31.1. The predicted octanol–water partition coefficient (Wildman–Crippen LogP) is 3.46. The summed E-state index contributed by atoms with van der Waals surface area (Å²) in [5.74, 6) is 1.34. The van der Waals surface area contributed by atoms with Crippen molar-refractivity contribution in [3.8, 4) is 17.2 Å². The van der Waals surface area contributed by atoms with Gasteiger partial charge in [-0.1, -0.05) is 37.3 Å². The standard InChI is InChI=1S/C32H37N7O5/c1-22-16-39(23(2)20-40)32(42)28-15-25(34-31(41)19-38-21-33-35-36-38)11-14-29(28)44-30(22)18-37(3)17-24-9-12-27(13-10-24)43-26-7-5-4-6-8-26/h4-15,21-23,30,40H,16-20H2,1-3H3,(H,34,41)/t22-,23+,30-/m0/s1. The number of fused-ring (bicyclic) bond motifs is 1. The van der Waals surface area contributed by atoms with E-state index >= 15 is 0 Å². The van der Waals surface area contributed by atoms with Crippen LogP contribution in [-0.4, -0.2) is 85.8 Å². The van der Waals surface area contributed by atoms with Crippen molar-refractivity contribution in [3.05, 3.63) is 90.3 Å². The molecule has 44 heavy (non-hydrogen) atoms. The number of para-hydroxylation sites is 1. The molecule has 0 saturated carbocycles. The second kappa shape index (κ2) is 14.1. The van der Waals surface area contributed by atoms with Crippen molar-refractivity contribution in [3.63, 3.8) is 0 Å². The van der Waals surface area contributed by atoms with E-state index in [2.05, 4.69) is 32.7 Å². The Labute approximate surface area is 256 Å². The molecule has 0 radical (unpaired) electrons. The van der Waals surface area contributed by atoms with E-state index in [1.165, 1.54) is 11.0 Å². The largest absolute Gasteiger partial charge is 0.488 e. The number of nitrogens with one attached hydrogen (secondary N) is 1. The zero-order valence-electron chi connectivity index (χ0n) is 25.0. The normalized spacial score (nSPS) is 17.3. The average Bonchev–Trinajstić information content (AvgIpc) is 3.53. The van der Waals surface area contributed by atoms with Crippen LogP contribution in [0.25, 0.3) is 0 Å². The zero-order valence-corrected chi connectivity index (χ0v) is 25.0. The Balaban J connectivity index is 1.29. The number of aromatic nitrogens is 4. The monoisotopic (exact) mass is 599 g/mol. The lowest BCUT2D eigenvalue weighted by molar-refractivity contribution is -0.116. The number of hydrogen-bond donors (Lipinski definition) is 2. The van der Waals surface area contributed by atoms with Crippen molar-refractivity contribution in [2.75, 3.05) is 32.1 Å². The van der Waals surface area contributed by atoms with Gasteiger partial charge in [-0.15, -0.1) is 5.10 Å². The lowest BCUT2D eigenvalue weighted by Gasteiger charge is -2.38. The third-order valence-corrected chi connectivity index (χ3v) is 7.49. The van der Waals surface area contributed by atoms with Crippen LogP contribution in [-0.2, 0) is 17.9 Å². The van der Waals surface area contributed by atoms with Gasteiger partial charge in [0.05, 0.1) is 18.2 Å². The van der Waals surface area contributed by atoms with Gasteiger partial charge < -0.3 is 24.8 Å². The van der Waals surface area contributed by atoms with Gasteiger partial charge >= 0.3 is 0 Å². The molecule has 0 saturated heterocycles. The van der Waals surface area contributed by atoms with Gasteiger partial charge in [0, 0.05) is 31.2 Å². The highest BCUT2D eigenvalue weighted by atomic mass is 16.5. The summed E-state index contributed by atoms with van der Waals surface area (Å²) >= 11 is 0. The third-order valence-electron chi connectivity index (χ3n) is 7.49. The molecule has 3 atom stereocenters. The molecular weight excluding hydrogens is 562 g/mol. The number of hydrogen-bond acceptors (Lipinski definition) is 9. The van der Waals surface area contributed by atoms with E-state index in [-0.39, 0.29) is 37.0 Å². The molecule has 3 aromatic carbocycles. The minimum absolute atomic E-state index is 0.0270. The summed E-state index contributed by atoms with van der Waals surface area (Å²) in [6, 6.07) is 22.3. The first-order chi connectivity index (χ1) is 21.3. The average molecular weight is 600 g/mol. The highest BCUT2D eigenvalue weighted by molar-refractivity contribution is 5.99. The highest BCUT2D eigenvalue weighted by Crippen LogP contribution is 2.31. The number of carbonyl (C=O) groups is 2. The first-order valence-electron chi connectivity index (χ1n) is 14.5. The van der Waals surface area contributed by atoms with Gasteiger partial charge in [0.15, 0.2) is 0 Å². The molecule has 1 aromatic heterocycles. The molecule has 0 unspecified atom stereocenters. The molecule has 2 N–H and O–H groups in total. The maximum Gasteiger partial charge on any atom is 0.258 e. The Hall–Kier alpha value is -4.81. The number of benzene rings is 3. The first kappa shape index (κ1) is 30.6. The molecule has 2 heterocycles. The number of aliphatic hydroxyl groups excluding tert-OH is 1. The number of amides is 2. The fourth-order valence-electron chi connectivity index (χ4n) is 5.09. The van der Waals surface area contributed by atoms with Crippen molar-refractivity contribution in [1.82, 2.24) is 30.0 Å². The summed E-state index contributed by atoms with van der Waals surface area (Å²) in [6.45, 7) is 5.31. The van der Waals surface area contributed by atoms with E-state index in [0.29, 0.717) is 36.6 Å². The summed E-state index contributed by atoms with van der Waals surface area (Å²) in [6.07, 6.45) is 1.10. The third kappa shape index (κ3) is 7.77. The second-order valence-electron chi connectivity index (χ2n) is 11.1. The number of carbonyl (C=O) groups excluding carboxylic acids is 2. The highest BCUT2D eigenvalue weighted by Gasteiger charge is 2.33. The van der Waals surface area contributed by atoms with Crippen LogP contribution in [0.4, 0.5) is 5.69 Å². The van der Waals surface area contributed by atoms with Crippen LogP contribution in [0, 0.1) is 5.92 Å². The first-order valence-corrected chi connectivity index (χ1v) is 14.5. The van der Waals surface area contributed by atoms with Crippen molar-refractivity contribution < 1.29 is 24.2 Å². The van der Waals surface area contributed by atoms with Gasteiger partial charge in [-0.2, -0.15) is 0 Å². The van der Waals surface area contributed by atoms with E-state index in [9.17, 15) is 14.7 Å². The van der Waals surface area contributed by atoms with E-state index in [1.54, 1.807) is 23.1 Å². The van der Waals surface area contributed by atoms with Crippen LogP contribution in [0.5, 0.6) is 17.2 Å². The van der Waals surface area contributed by atoms with Gasteiger partial charge in [-0.3, -0.25) is 14.5 Å². The van der Waals surface area contributed by atoms with E-state index in [4.69, 9.17) is 9.47 Å². The number of tetrazole rings is 1. The quantitative estimate of drug-likeness (QED) is 0.266. The minimum atomic E-state index is -0.399. The Kier molecular flexibility index (Phi) is 9.82. The van der Waals surface area contributed by atoms with Crippen LogP contribution in [0.3, 0.4) is 0 Å². The Bertz CT molecular complexity index is 1530. The fraction of sp³-hybridized carbons (Fsp3) is 0.344. The molecule has 230 valence electrons. The van der Waals surface area contributed by atoms with E-state index in [1.807, 2.05) is 68.6 Å². The van der Waals surface area contributed by atoms with Crippen LogP contribution < -0.4 is 14.8 Å². The summed E-state index contributed by atoms with van der Waals surface area (Å²) in [5, 5.41) is 23.5. The molecule has 2 amide bonds. The smallest absolute Gasteiger partial charge is 0.258 e. The Morgan fingerprint density at radius 1 is 1.14 bits per heavy atom. The molecule has 0 fully saturated rings. The summed E-state index contributed by atoms with van der Waals surface area (Å²) in [5.41, 5.74) is 1.89. The van der Waals surface area contributed by atoms with E-state index < -0.39 is 6.04 Å². The minimum Gasteiger partial charge on any atom is -0.488 e. The van der Waals surface area contributed by atoms with Gasteiger partial charge in [0.25, 0.3) is 5.91 Å². The van der Waals surface area contributed by atoms with Crippen LogP contribution in [0.1, 0.15) is 29.8 Å². The number of rotatable bonds is 11. The van der Waals surface area contributed by atoms with Crippen molar-refractivity contribution in [2.45, 2.75) is 39.1 Å². The van der Waals surface area contributed by atoms with Crippen molar-refractivity contribution in [1.29, 1.82) is 0 Å². The fourth-order valence-corrected chi connectivity index (χ4v) is 5.09. The number of aliphatic hydroxyl groups is 1. The SMILES string of the molecule is C[C@H](CO)N1C[C@H](C)[C@H](CN(C)Cc2ccc(Oc3ccccc3)cc2)Oc2ccc(NC(=O)Cn3cnnn3)cc2C1=O. The molecule has 0 spiro atoms.